The maximum Gasteiger partial charge on any atom is 0.303 e. The summed E-state index contributed by atoms with van der Waals surface area (Å²) in [6.07, 6.45) is -1.44. The Morgan fingerprint density at radius 2 is 1.55 bits per heavy atom. The third-order valence-corrected chi connectivity index (χ3v) is 4.01. The maximum atomic E-state index is 11.4. The Morgan fingerprint density at radius 3 is 2.05 bits per heavy atom. The van der Waals surface area contributed by atoms with E-state index in [1.807, 2.05) is 4.90 Å². The Morgan fingerprint density at radius 1 is 1.00 bits per heavy atom. The van der Waals surface area contributed by atoms with Crippen LogP contribution in [-0.4, -0.2) is 71.5 Å². The molecule has 1 N–H and O–H groups in total. The minimum Gasteiger partial charge on any atom is -0.461 e. The lowest BCUT2D eigenvalue weighted by Gasteiger charge is -2.26. The van der Waals surface area contributed by atoms with Crippen molar-refractivity contribution in [3.8, 4) is 0 Å². The van der Waals surface area contributed by atoms with Gasteiger partial charge in [-0.15, -0.1) is 0 Å². The summed E-state index contributed by atoms with van der Waals surface area (Å²) in [5.41, 5.74) is 0. The van der Waals surface area contributed by atoms with Gasteiger partial charge in [-0.2, -0.15) is 0 Å². The van der Waals surface area contributed by atoms with Gasteiger partial charge in [0.1, 0.15) is 6.10 Å². The molecular formula is C14H21NO7. The zero-order valence-corrected chi connectivity index (χ0v) is 12.9. The molecule has 2 rings (SSSR count). The molecule has 0 aromatic heterocycles. The lowest BCUT2D eigenvalue weighted by molar-refractivity contribution is -0.167. The van der Waals surface area contributed by atoms with Crippen LogP contribution in [0.25, 0.3) is 0 Å². The lowest BCUT2D eigenvalue weighted by atomic mass is 10.0. The van der Waals surface area contributed by atoms with Crippen molar-refractivity contribution in [1.29, 1.82) is 0 Å². The van der Waals surface area contributed by atoms with Crippen LogP contribution in [-0.2, 0) is 28.6 Å². The SMILES string of the molecule is CC(=O)O[C@H]1[C@H](OC(C)=O)[C@@H](CO)N2CC[C@H](OC(C)=O)[C@H]12. The second-order valence-corrected chi connectivity index (χ2v) is 5.56. The smallest absolute Gasteiger partial charge is 0.303 e. The van der Waals surface area contributed by atoms with Gasteiger partial charge in [0, 0.05) is 27.3 Å². The first kappa shape index (κ1) is 16.7. The fourth-order valence-corrected chi connectivity index (χ4v) is 3.42. The summed E-state index contributed by atoms with van der Waals surface area (Å²) in [7, 11) is 0. The molecule has 0 aliphatic carbocycles. The van der Waals surface area contributed by atoms with Crippen LogP contribution in [0.2, 0.25) is 0 Å². The van der Waals surface area contributed by atoms with E-state index >= 15 is 0 Å². The third kappa shape index (κ3) is 3.22. The number of hydrogen-bond acceptors (Lipinski definition) is 8. The Bertz CT molecular complexity index is 466. The van der Waals surface area contributed by atoms with Crippen molar-refractivity contribution in [3.63, 3.8) is 0 Å². The summed E-state index contributed by atoms with van der Waals surface area (Å²) in [6.45, 7) is 4.14. The molecule has 22 heavy (non-hydrogen) atoms. The van der Waals surface area contributed by atoms with E-state index in [1.165, 1.54) is 20.8 Å². The van der Waals surface area contributed by atoms with Crippen LogP contribution >= 0.6 is 0 Å². The monoisotopic (exact) mass is 315 g/mol. The fourth-order valence-electron chi connectivity index (χ4n) is 3.42. The zero-order chi connectivity index (χ0) is 16.4. The Labute approximate surface area is 128 Å². The average molecular weight is 315 g/mol. The number of nitrogens with zero attached hydrogens (tertiary/aromatic N) is 1. The number of carbonyl (C=O) groups is 3. The summed E-state index contributed by atoms with van der Waals surface area (Å²) in [5.74, 6) is -1.47. The largest absolute Gasteiger partial charge is 0.461 e. The van der Waals surface area contributed by atoms with Crippen LogP contribution in [0.1, 0.15) is 27.2 Å². The standard InChI is InChI=1S/C14H21NO7/c1-7(17)20-11-4-5-15-10(6-16)13(21-8(2)18)14(12(11)15)22-9(3)19/h10-14,16H,4-6H2,1-3H3/t10-,11+,12-,13-,14-/m1/s1. The second kappa shape index (κ2) is 6.62. The summed E-state index contributed by atoms with van der Waals surface area (Å²) in [5, 5.41) is 9.64. The number of rotatable bonds is 4. The Hall–Kier alpha value is -1.67. The molecule has 2 fully saturated rings. The van der Waals surface area contributed by atoms with E-state index < -0.39 is 48.3 Å². The van der Waals surface area contributed by atoms with Crippen LogP contribution in [0.3, 0.4) is 0 Å². The van der Waals surface area contributed by atoms with Gasteiger partial charge in [0.15, 0.2) is 12.2 Å². The molecule has 8 heteroatoms. The number of fused-ring (bicyclic) bond motifs is 1. The molecule has 2 aliphatic rings. The van der Waals surface area contributed by atoms with Crippen LogP contribution in [0.15, 0.2) is 0 Å². The van der Waals surface area contributed by atoms with E-state index in [2.05, 4.69) is 0 Å². The number of ether oxygens (including phenoxy) is 3. The van der Waals surface area contributed by atoms with E-state index in [1.54, 1.807) is 0 Å². The topological polar surface area (TPSA) is 102 Å². The first-order chi connectivity index (χ1) is 10.3. The van der Waals surface area contributed by atoms with Crippen LogP contribution in [0.5, 0.6) is 0 Å². The van der Waals surface area contributed by atoms with E-state index in [4.69, 9.17) is 14.2 Å². The highest BCUT2D eigenvalue weighted by Crippen LogP contribution is 2.38. The first-order valence-corrected chi connectivity index (χ1v) is 7.23. The van der Waals surface area contributed by atoms with E-state index in [-0.39, 0.29) is 6.61 Å². The van der Waals surface area contributed by atoms with Gasteiger partial charge in [-0.1, -0.05) is 0 Å². The zero-order valence-electron chi connectivity index (χ0n) is 12.9. The molecule has 0 aromatic carbocycles. The van der Waals surface area contributed by atoms with Crippen molar-refractivity contribution in [2.75, 3.05) is 13.2 Å². The highest BCUT2D eigenvalue weighted by molar-refractivity contribution is 5.68. The molecule has 2 saturated heterocycles. The molecule has 0 aromatic rings. The van der Waals surface area contributed by atoms with Gasteiger partial charge in [0.25, 0.3) is 0 Å². The summed E-state index contributed by atoms with van der Waals surface area (Å²) in [6, 6.07) is -0.909. The quantitative estimate of drug-likeness (QED) is 0.533. The number of aliphatic hydroxyl groups is 1. The average Bonchev–Trinajstić information content (AvgIpc) is 2.89. The maximum absolute atomic E-state index is 11.4. The highest BCUT2D eigenvalue weighted by Gasteiger charge is 2.58. The van der Waals surface area contributed by atoms with Crippen molar-refractivity contribution in [1.82, 2.24) is 4.90 Å². The minimum atomic E-state index is -0.783. The molecule has 2 aliphatic heterocycles. The van der Waals surface area contributed by atoms with E-state index in [9.17, 15) is 19.5 Å². The molecule has 5 atom stereocenters. The van der Waals surface area contributed by atoms with Crippen molar-refractivity contribution in [2.45, 2.75) is 57.6 Å². The molecule has 124 valence electrons. The summed E-state index contributed by atoms with van der Waals surface area (Å²) in [4.78, 5) is 35.8. The van der Waals surface area contributed by atoms with E-state index in [0.717, 1.165) is 0 Å². The van der Waals surface area contributed by atoms with E-state index in [0.29, 0.717) is 13.0 Å². The molecular weight excluding hydrogens is 294 g/mol. The third-order valence-electron chi connectivity index (χ3n) is 4.01. The van der Waals surface area contributed by atoms with Crippen molar-refractivity contribution in [3.05, 3.63) is 0 Å². The number of hydrogen-bond donors (Lipinski definition) is 1. The second-order valence-electron chi connectivity index (χ2n) is 5.56. The van der Waals surface area contributed by atoms with Gasteiger partial charge in [-0.25, -0.2) is 0 Å². The Kier molecular flexibility index (Phi) is 5.02. The van der Waals surface area contributed by atoms with Gasteiger partial charge in [0.2, 0.25) is 0 Å². The predicted octanol–water partition coefficient (Wildman–Crippen LogP) is -0.770. The first-order valence-electron chi connectivity index (χ1n) is 7.23. The Balaban J connectivity index is 2.28. The van der Waals surface area contributed by atoms with Gasteiger partial charge in [0.05, 0.1) is 18.7 Å². The van der Waals surface area contributed by atoms with Crippen molar-refractivity contribution >= 4 is 17.9 Å². The predicted molar refractivity (Wildman–Crippen MR) is 72.6 cm³/mol. The van der Waals surface area contributed by atoms with Crippen LogP contribution < -0.4 is 0 Å². The van der Waals surface area contributed by atoms with Crippen LogP contribution in [0, 0.1) is 0 Å². The molecule has 8 nitrogen and oxygen atoms in total. The minimum absolute atomic E-state index is 0.251. The molecule has 0 saturated carbocycles. The van der Waals surface area contributed by atoms with Crippen molar-refractivity contribution in [2.24, 2.45) is 0 Å². The van der Waals surface area contributed by atoms with Gasteiger partial charge >= 0.3 is 17.9 Å². The summed E-state index contributed by atoms with van der Waals surface area (Å²) >= 11 is 0. The fraction of sp³-hybridized carbons (Fsp3) is 0.786. The normalized spacial score (nSPS) is 34.1. The van der Waals surface area contributed by atoms with Gasteiger partial charge in [-0.3, -0.25) is 19.3 Å². The molecule has 0 unspecified atom stereocenters. The highest BCUT2D eigenvalue weighted by atomic mass is 16.6. The number of aliphatic hydroxyl groups excluding tert-OH is 1. The molecule has 0 spiro atoms. The summed E-state index contributed by atoms with van der Waals surface area (Å²) < 4.78 is 15.9. The van der Waals surface area contributed by atoms with Gasteiger partial charge in [-0.05, 0) is 6.42 Å². The number of carbonyl (C=O) groups excluding carboxylic acids is 3. The lowest BCUT2D eigenvalue weighted by Crippen LogP contribution is -2.44. The van der Waals surface area contributed by atoms with Crippen LogP contribution in [0.4, 0.5) is 0 Å². The molecule has 0 bridgehead atoms. The molecule has 0 amide bonds. The molecule has 2 heterocycles. The molecule has 0 radical (unpaired) electrons. The van der Waals surface area contributed by atoms with Gasteiger partial charge < -0.3 is 19.3 Å². The number of esters is 3. The van der Waals surface area contributed by atoms with Crippen molar-refractivity contribution < 1.29 is 33.7 Å².